The van der Waals surface area contributed by atoms with Crippen molar-refractivity contribution in [3.63, 3.8) is 0 Å². The van der Waals surface area contributed by atoms with Crippen molar-refractivity contribution in [3.05, 3.63) is 104 Å². The normalized spacial score (nSPS) is 12.1. The fraction of sp³-hybridized carbons (Fsp3) is 0.0400. The number of hydrogen-bond donors (Lipinski definition) is 0. The lowest BCUT2D eigenvalue weighted by molar-refractivity contribution is 0.885. The maximum absolute atomic E-state index is 13.2. The van der Waals surface area contributed by atoms with Crippen molar-refractivity contribution in [1.82, 2.24) is 24.4 Å². The number of aromatic nitrogens is 5. The van der Waals surface area contributed by atoms with E-state index in [-0.39, 0.29) is 5.56 Å². The van der Waals surface area contributed by atoms with E-state index >= 15 is 0 Å². The molecule has 0 aliphatic carbocycles. The van der Waals surface area contributed by atoms with Gasteiger partial charge in [-0.1, -0.05) is 59.9 Å². The van der Waals surface area contributed by atoms with Gasteiger partial charge in [0.05, 0.1) is 15.1 Å². The van der Waals surface area contributed by atoms with Crippen LogP contribution in [-0.2, 0) is 0 Å². The standard InChI is InChI=1S/C25H17N5OS2/c1-16-8-5-6-11-19(16)23-26-25-30(28-23)24(31)21(33-25)14-17-15-29(18-9-3-2-4-10-18)27-22(17)20-12-7-13-32-20/h2-15H,1H3. The average molecular weight is 468 g/mol. The maximum atomic E-state index is 13.2. The fourth-order valence-electron chi connectivity index (χ4n) is 3.72. The van der Waals surface area contributed by atoms with Gasteiger partial charge >= 0.3 is 0 Å². The first-order valence-corrected chi connectivity index (χ1v) is 12.0. The van der Waals surface area contributed by atoms with Gasteiger partial charge in [-0.2, -0.15) is 14.6 Å². The van der Waals surface area contributed by atoms with Crippen molar-refractivity contribution in [2.45, 2.75) is 6.92 Å². The molecule has 0 aliphatic rings. The number of thiophene rings is 1. The summed E-state index contributed by atoms with van der Waals surface area (Å²) in [5.74, 6) is 0.569. The van der Waals surface area contributed by atoms with E-state index in [0.29, 0.717) is 15.3 Å². The third-order valence-electron chi connectivity index (χ3n) is 5.37. The van der Waals surface area contributed by atoms with Crippen LogP contribution < -0.4 is 10.1 Å². The molecule has 0 saturated carbocycles. The van der Waals surface area contributed by atoms with Crippen LogP contribution in [0, 0.1) is 6.92 Å². The molecule has 33 heavy (non-hydrogen) atoms. The van der Waals surface area contributed by atoms with E-state index in [4.69, 9.17) is 5.10 Å². The minimum absolute atomic E-state index is 0.174. The largest absolute Gasteiger partial charge is 0.291 e. The van der Waals surface area contributed by atoms with Gasteiger partial charge in [0.2, 0.25) is 4.96 Å². The number of thiazole rings is 1. The molecule has 0 saturated heterocycles. The van der Waals surface area contributed by atoms with Crippen LogP contribution in [-0.4, -0.2) is 24.4 Å². The van der Waals surface area contributed by atoms with E-state index in [0.717, 1.165) is 32.9 Å². The number of hydrogen-bond acceptors (Lipinski definition) is 6. The summed E-state index contributed by atoms with van der Waals surface area (Å²) in [6.07, 6.45) is 3.84. The molecular weight excluding hydrogens is 450 g/mol. The summed E-state index contributed by atoms with van der Waals surface area (Å²) in [7, 11) is 0. The Balaban J connectivity index is 1.49. The van der Waals surface area contributed by atoms with Gasteiger partial charge in [-0.25, -0.2) is 4.68 Å². The lowest BCUT2D eigenvalue weighted by Gasteiger charge is -1.99. The second-order valence-corrected chi connectivity index (χ2v) is 9.51. The predicted octanol–water partition coefficient (Wildman–Crippen LogP) is 4.59. The topological polar surface area (TPSA) is 65.1 Å². The molecule has 0 radical (unpaired) electrons. The number of nitrogens with zero attached hydrogens (tertiary/aromatic N) is 5. The Morgan fingerprint density at radius 2 is 1.76 bits per heavy atom. The summed E-state index contributed by atoms with van der Waals surface area (Å²) in [5, 5.41) is 11.3. The summed E-state index contributed by atoms with van der Waals surface area (Å²) in [5.41, 5.74) is 4.51. The SMILES string of the molecule is Cc1ccccc1-c1nc2sc(=Cc3cn(-c4ccccc4)nc3-c3cccs3)c(=O)n2n1. The summed E-state index contributed by atoms with van der Waals surface area (Å²) in [4.78, 5) is 19.4. The molecule has 160 valence electrons. The van der Waals surface area contributed by atoms with Crippen LogP contribution in [0.5, 0.6) is 0 Å². The van der Waals surface area contributed by atoms with Crippen molar-refractivity contribution in [2.75, 3.05) is 0 Å². The van der Waals surface area contributed by atoms with Gasteiger partial charge in [-0.3, -0.25) is 4.79 Å². The molecular formula is C25H17N5OS2. The molecule has 4 aromatic heterocycles. The Morgan fingerprint density at radius 1 is 0.939 bits per heavy atom. The van der Waals surface area contributed by atoms with E-state index in [9.17, 15) is 4.79 Å². The highest BCUT2D eigenvalue weighted by atomic mass is 32.1. The Labute approximate surface area is 196 Å². The van der Waals surface area contributed by atoms with Crippen molar-refractivity contribution in [3.8, 4) is 27.6 Å². The zero-order valence-corrected chi connectivity index (χ0v) is 19.2. The van der Waals surface area contributed by atoms with Crippen LogP contribution >= 0.6 is 22.7 Å². The first kappa shape index (κ1) is 19.8. The van der Waals surface area contributed by atoms with Crippen LogP contribution in [0.25, 0.3) is 38.7 Å². The molecule has 0 aliphatic heterocycles. The lowest BCUT2D eigenvalue weighted by Crippen LogP contribution is -2.23. The van der Waals surface area contributed by atoms with Gasteiger partial charge in [0.15, 0.2) is 5.82 Å². The van der Waals surface area contributed by atoms with E-state index in [1.54, 1.807) is 11.3 Å². The Hall–Kier alpha value is -3.88. The van der Waals surface area contributed by atoms with Gasteiger partial charge in [0.25, 0.3) is 5.56 Å². The number of fused-ring (bicyclic) bond motifs is 1. The van der Waals surface area contributed by atoms with Crippen LogP contribution in [0.4, 0.5) is 0 Å². The first-order chi connectivity index (χ1) is 16.2. The second-order valence-electron chi connectivity index (χ2n) is 7.55. The van der Waals surface area contributed by atoms with Crippen LogP contribution in [0.2, 0.25) is 0 Å². The Morgan fingerprint density at radius 3 is 2.52 bits per heavy atom. The Bertz CT molecular complexity index is 1700. The van der Waals surface area contributed by atoms with Crippen molar-refractivity contribution in [2.24, 2.45) is 0 Å². The van der Waals surface area contributed by atoms with Crippen LogP contribution in [0.3, 0.4) is 0 Å². The molecule has 6 aromatic rings. The van der Waals surface area contributed by atoms with Crippen LogP contribution in [0.1, 0.15) is 11.1 Å². The van der Waals surface area contributed by atoms with E-state index < -0.39 is 0 Å². The van der Waals surface area contributed by atoms with Crippen molar-refractivity contribution < 1.29 is 0 Å². The predicted molar refractivity (Wildman–Crippen MR) is 133 cm³/mol. The molecule has 0 N–H and O–H groups in total. The third-order valence-corrected chi connectivity index (χ3v) is 7.21. The van der Waals surface area contributed by atoms with E-state index in [2.05, 4.69) is 10.1 Å². The smallest absolute Gasteiger partial charge is 0.266 e. The van der Waals surface area contributed by atoms with E-state index in [1.165, 1.54) is 15.9 Å². The molecule has 0 amide bonds. The molecule has 2 aromatic carbocycles. The Kier molecular flexibility index (Phi) is 4.74. The monoisotopic (exact) mass is 467 g/mol. The quantitative estimate of drug-likeness (QED) is 0.380. The van der Waals surface area contributed by atoms with Crippen molar-refractivity contribution >= 4 is 33.7 Å². The summed E-state index contributed by atoms with van der Waals surface area (Å²) in [6.45, 7) is 2.01. The minimum Gasteiger partial charge on any atom is -0.266 e. The zero-order chi connectivity index (χ0) is 22.4. The molecule has 0 spiro atoms. The van der Waals surface area contributed by atoms with Crippen LogP contribution in [0.15, 0.2) is 83.1 Å². The summed E-state index contributed by atoms with van der Waals surface area (Å²) < 4.78 is 3.82. The van der Waals surface area contributed by atoms with Gasteiger partial charge in [-0.15, -0.1) is 16.4 Å². The number of rotatable bonds is 4. The summed E-state index contributed by atoms with van der Waals surface area (Å²) in [6, 6.07) is 21.9. The summed E-state index contributed by atoms with van der Waals surface area (Å²) >= 11 is 2.96. The highest BCUT2D eigenvalue weighted by Crippen LogP contribution is 2.28. The average Bonchev–Trinajstić information content (AvgIpc) is 3.62. The molecule has 0 atom stereocenters. The number of para-hydroxylation sites is 1. The van der Waals surface area contributed by atoms with Gasteiger partial charge in [0, 0.05) is 17.3 Å². The fourth-order valence-corrected chi connectivity index (χ4v) is 5.35. The molecule has 0 fully saturated rings. The highest BCUT2D eigenvalue weighted by Gasteiger charge is 2.16. The van der Waals surface area contributed by atoms with Gasteiger partial charge in [-0.05, 0) is 42.1 Å². The third kappa shape index (κ3) is 3.49. The molecule has 6 nitrogen and oxygen atoms in total. The van der Waals surface area contributed by atoms with Crippen molar-refractivity contribution in [1.29, 1.82) is 0 Å². The molecule has 0 bridgehead atoms. The van der Waals surface area contributed by atoms with Gasteiger partial charge in [0.1, 0.15) is 5.69 Å². The molecule has 4 heterocycles. The maximum Gasteiger partial charge on any atom is 0.291 e. The molecule has 0 unspecified atom stereocenters. The minimum atomic E-state index is -0.174. The van der Waals surface area contributed by atoms with Gasteiger partial charge < -0.3 is 0 Å². The van der Waals surface area contributed by atoms with E-state index in [1.807, 2.05) is 96.0 Å². The molecule has 8 heteroatoms. The zero-order valence-electron chi connectivity index (χ0n) is 17.5. The second kappa shape index (κ2) is 7.91. The highest BCUT2D eigenvalue weighted by molar-refractivity contribution is 7.15. The number of aryl methyl sites for hydroxylation is 1. The molecule has 6 rings (SSSR count). The lowest BCUT2D eigenvalue weighted by atomic mass is 10.1. The number of benzene rings is 2. The first-order valence-electron chi connectivity index (χ1n) is 10.3.